The first-order valence-electron chi connectivity index (χ1n) is 6.66. The summed E-state index contributed by atoms with van der Waals surface area (Å²) in [6.07, 6.45) is 0.471. The zero-order valence-electron chi connectivity index (χ0n) is 12.4. The van der Waals surface area contributed by atoms with Gasteiger partial charge in [-0.1, -0.05) is 13.8 Å². The summed E-state index contributed by atoms with van der Waals surface area (Å²) in [6.45, 7) is 5.30. The first kappa shape index (κ1) is 17.0. The van der Waals surface area contributed by atoms with Gasteiger partial charge in [0, 0.05) is 30.7 Å². The molecule has 0 aliphatic rings. The van der Waals surface area contributed by atoms with Crippen molar-refractivity contribution >= 4 is 17.7 Å². The van der Waals surface area contributed by atoms with E-state index >= 15 is 0 Å². The van der Waals surface area contributed by atoms with Gasteiger partial charge in [-0.25, -0.2) is 4.39 Å². The van der Waals surface area contributed by atoms with Crippen molar-refractivity contribution in [2.24, 2.45) is 11.1 Å². The smallest absolute Gasteiger partial charge is 0.223 e. The summed E-state index contributed by atoms with van der Waals surface area (Å²) < 4.78 is 12.8. The van der Waals surface area contributed by atoms with E-state index in [4.69, 9.17) is 5.73 Å². The molecule has 0 spiro atoms. The predicted molar refractivity (Wildman–Crippen MR) is 82.2 cm³/mol. The van der Waals surface area contributed by atoms with Crippen molar-refractivity contribution in [2.45, 2.75) is 25.2 Å². The maximum atomic E-state index is 12.8. The highest BCUT2D eigenvalue weighted by molar-refractivity contribution is 7.99. The average molecular weight is 298 g/mol. The normalized spacial score (nSPS) is 11.4. The number of hydrogen-bond acceptors (Lipinski definition) is 3. The van der Waals surface area contributed by atoms with Crippen LogP contribution in [0.4, 0.5) is 4.39 Å². The molecule has 0 aromatic heterocycles. The third-order valence-electron chi connectivity index (χ3n) is 3.04. The van der Waals surface area contributed by atoms with Crippen LogP contribution in [-0.2, 0) is 4.79 Å². The maximum absolute atomic E-state index is 12.8. The summed E-state index contributed by atoms with van der Waals surface area (Å²) in [5.41, 5.74) is 5.61. The van der Waals surface area contributed by atoms with Crippen LogP contribution in [0.3, 0.4) is 0 Å². The van der Waals surface area contributed by atoms with Crippen LogP contribution >= 0.6 is 11.8 Å². The lowest BCUT2D eigenvalue weighted by Gasteiger charge is -2.29. The molecule has 0 aliphatic heterocycles. The second kappa shape index (κ2) is 7.64. The van der Waals surface area contributed by atoms with Crippen molar-refractivity contribution in [3.05, 3.63) is 30.1 Å². The molecule has 0 aliphatic carbocycles. The van der Waals surface area contributed by atoms with E-state index < -0.39 is 0 Å². The number of nitrogens with two attached hydrogens (primary N) is 1. The summed E-state index contributed by atoms with van der Waals surface area (Å²) in [5, 5.41) is 0. The van der Waals surface area contributed by atoms with Crippen LogP contribution in [0.1, 0.15) is 20.3 Å². The fourth-order valence-electron chi connectivity index (χ4n) is 1.77. The summed E-state index contributed by atoms with van der Waals surface area (Å²) in [6, 6.07) is 6.32. The van der Waals surface area contributed by atoms with Gasteiger partial charge in [0.05, 0.1) is 0 Å². The number of amides is 1. The van der Waals surface area contributed by atoms with Crippen LogP contribution in [-0.4, -0.2) is 36.7 Å². The Kier molecular flexibility index (Phi) is 6.49. The van der Waals surface area contributed by atoms with Crippen LogP contribution in [0.5, 0.6) is 0 Å². The van der Waals surface area contributed by atoms with E-state index in [9.17, 15) is 9.18 Å². The molecular formula is C15H23FN2OS. The Morgan fingerprint density at radius 2 is 1.95 bits per heavy atom. The first-order chi connectivity index (χ1) is 9.34. The molecule has 3 nitrogen and oxygen atoms in total. The Balaban J connectivity index is 2.34. The molecule has 112 valence electrons. The van der Waals surface area contributed by atoms with Crippen molar-refractivity contribution in [3.8, 4) is 0 Å². The van der Waals surface area contributed by atoms with E-state index in [1.54, 1.807) is 28.8 Å². The number of carbonyl (C=O) groups excluding carboxylic acids is 1. The van der Waals surface area contributed by atoms with Crippen LogP contribution in [0.2, 0.25) is 0 Å². The topological polar surface area (TPSA) is 46.3 Å². The van der Waals surface area contributed by atoms with E-state index in [1.165, 1.54) is 12.1 Å². The number of rotatable bonds is 7. The minimum absolute atomic E-state index is 0.0610. The molecule has 2 N–H and O–H groups in total. The van der Waals surface area contributed by atoms with Crippen molar-refractivity contribution in [2.75, 3.05) is 25.9 Å². The van der Waals surface area contributed by atoms with Gasteiger partial charge in [0.2, 0.25) is 5.91 Å². The number of hydrogen-bond donors (Lipinski definition) is 1. The van der Waals surface area contributed by atoms with E-state index in [0.29, 0.717) is 25.3 Å². The Labute approximate surface area is 124 Å². The molecule has 0 fully saturated rings. The second-order valence-electron chi connectivity index (χ2n) is 5.67. The SMILES string of the molecule is CN(CC(C)(C)CN)C(=O)CCSc1ccc(F)cc1. The van der Waals surface area contributed by atoms with Crippen LogP contribution < -0.4 is 5.73 Å². The van der Waals surface area contributed by atoms with E-state index in [-0.39, 0.29) is 17.1 Å². The Bertz CT molecular complexity index is 434. The van der Waals surface area contributed by atoms with Crippen LogP contribution in [0.25, 0.3) is 0 Å². The molecule has 1 aromatic rings. The predicted octanol–water partition coefficient (Wildman–Crippen LogP) is 2.75. The van der Waals surface area contributed by atoms with Gasteiger partial charge in [-0.3, -0.25) is 4.79 Å². The average Bonchev–Trinajstić information content (AvgIpc) is 2.40. The highest BCUT2D eigenvalue weighted by Gasteiger charge is 2.20. The van der Waals surface area contributed by atoms with Gasteiger partial charge >= 0.3 is 0 Å². The minimum Gasteiger partial charge on any atom is -0.345 e. The van der Waals surface area contributed by atoms with Gasteiger partial charge < -0.3 is 10.6 Å². The minimum atomic E-state index is -0.242. The summed E-state index contributed by atoms with van der Waals surface area (Å²) in [5.74, 6) is 0.563. The third kappa shape index (κ3) is 5.92. The number of nitrogens with zero attached hydrogens (tertiary/aromatic N) is 1. The fourth-order valence-corrected chi connectivity index (χ4v) is 2.61. The molecule has 0 heterocycles. The van der Waals surface area contributed by atoms with Gasteiger partial charge in [-0.2, -0.15) is 0 Å². The van der Waals surface area contributed by atoms with E-state index in [2.05, 4.69) is 0 Å². The first-order valence-corrected chi connectivity index (χ1v) is 7.65. The van der Waals surface area contributed by atoms with Gasteiger partial charge in [-0.15, -0.1) is 11.8 Å². The fraction of sp³-hybridized carbons (Fsp3) is 0.533. The zero-order valence-corrected chi connectivity index (χ0v) is 13.2. The lowest BCUT2D eigenvalue weighted by Crippen LogP contribution is -2.39. The molecule has 0 atom stereocenters. The molecule has 0 unspecified atom stereocenters. The Morgan fingerprint density at radius 3 is 2.50 bits per heavy atom. The maximum Gasteiger partial charge on any atom is 0.223 e. The lowest BCUT2D eigenvalue weighted by molar-refractivity contribution is -0.130. The number of halogens is 1. The summed E-state index contributed by atoms with van der Waals surface area (Å²) >= 11 is 1.56. The Hall–Kier alpha value is -1.07. The molecule has 1 rings (SSSR count). The van der Waals surface area contributed by atoms with Crippen LogP contribution in [0.15, 0.2) is 29.2 Å². The van der Waals surface area contributed by atoms with Crippen molar-refractivity contribution < 1.29 is 9.18 Å². The van der Waals surface area contributed by atoms with E-state index in [0.717, 1.165) is 4.90 Å². The van der Waals surface area contributed by atoms with Crippen LogP contribution in [0, 0.1) is 11.2 Å². The number of benzene rings is 1. The molecular weight excluding hydrogens is 275 g/mol. The summed E-state index contributed by atoms with van der Waals surface area (Å²) in [7, 11) is 1.81. The molecule has 5 heteroatoms. The van der Waals surface area contributed by atoms with Gasteiger partial charge in [-0.05, 0) is 36.2 Å². The third-order valence-corrected chi connectivity index (χ3v) is 4.06. The molecule has 1 aromatic carbocycles. The van der Waals surface area contributed by atoms with Gasteiger partial charge in [0.1, 0.15) is 5.82 Å². The standard InChI is InChI=1S/C15H23FN2OS/c1-15(2,10-17)11-18(3)14(19)8-9-20-13-6-4-12(16)5-7-13/h4-7H,8-11,17H2,1-3H3. The second-order valence-corrected chi connectivity index (χ2v) is 6.84. The quantitative estimate of drug-likeness (QED) is 0.787. The highest BCUT2D eigenvalue weighted by Crippen LogP contribution is 2.20. The van der Waals surface area contributed by atoms with E-state index in [1.807, 2.05) is 20.9 Å². The monoisotopic (exact) mass is 298 g/mol. The molecule has 0 saturated carbocycles. The highest BCUT2D eigenvalue weighted by atomic mass is 32.2. The molecule has 20 heavy (non-hydrogen) atoms. The van der Waals surface area contributed by atoms with Crippen molar-refractivity contribution in [1.82, 2.24) is 4.90 Å². The molecule has 0 saturated heterocycles. The number of carbonyl (C=O) groups is 1. The van der Waals surface area contributed by atoms with Crippen molar-refractivity contribution in [3.63, 3.8) is 0 Å². The Morgan fingerprint density at radius 1 is 1.35 bits per heavy atom. The zero-order chi connectivity index (χ0) is 15.2. The van der Waals surface area contributed by atoms with Gasteiger partial charge in [0.15, 0.2) is 0 Å². The van der Waals surface area contributed by atoms with Gasteiger partial charge in [0.25, 0.3) is 0 Å². The summed E-state index contributed by atoms with van der Waals surface area (Å²) in [4.78, 5) is 14.7. The molecule has 1 amide bonds. The molecule has 0 radical (unpaired) electrons. The lowest BCUT2D eigenvalue weighted by atomic mass is 9.93. The van der Waals surface area contributed by atoms with Crippen molar-refractivity contribution in [1.29, 1.82) is 0 Å². The largest absolute Gasteiger partial charge is 0.345 e. The number of thioether (sulfide) groups is 1. The molecule has 0 bridgehead atoms.